The molecule has 17 heavy (non-hydrogen) atoms. The smallest absolute Gasteiger partial charge is 0.135 e. The summed E-state index contributed by atoms with van der Waals surface area (Å²) in [6, 6.07) is 0. The molecule has 102 valence electrons. The van der Waals surface area contributed by atoms with Crippen molar-refractivity contribution in [2.24, 2.45) is 11.3 Å². The maximum atomic E-state index is 2.60. The molecule has 0 aliphatic heterocycles. The first-order valence-electron chi connectivity index (χ1n) is 7.26. The molecular weight excluding hydrogens is 205 g/mol. The summed E-state index contributed by atoms with van der Waals surface area (Å²) in [5.41, 5.74) is 0.739. The van der Waals surface area contributed by atoms with Gasteiger partial charge in [-0.15, -0.1) is 0 Å². The van der Waals surface area contributed by atoms with Gasteiger partial charge in [0.2, 0.25) is 0 Å². The highest BCUT2D eigenvalue weighted by Crippen LogP contribution is 2.33. The van der Waals surface area contributed by atoms with Gasteiger partial charge < -0.3 is 4.90 Å². The number of hydrogen-bond donors (Lipinski definition) is 0. The van der Waals surface area contributed by atoms with Crippen molar-refractivity contribution in [2.45, 2.75) is 73.5 Å². The van der Waals surface area contributed by atoms with E-state index in [2.05, 4.69) is 67.1 Å². The summed E-state index contributed by atoms with van der Waals surface area (Å²) in [7, 11) is 2.31. The molecule has 2 heteroatoms. The Balaban J connectivity index is 4.82. The molecule has 0 bridgehead atoms. The van der Waals surface area contributed by atoms with Crippen LogP contribution in [-0.4, -0.2) is 30.7 Å². The van der Waals surface area contributed by atoms with Crippen molar-refractivity contribution in [3.63, 3.8) is 0 Å². The zero-order valence-electron chi connectivity index (χ0n) is 13.7. The second-order valence-electron chi connectivity index (χ2n) is 7.48. The summed E-state index contributed by atoms with van der Waals surface area (Å²) in [6.07, 6.45) is 2.52. The largest absolute Gasteiger partial charge is 0.301 e. The third-order valence-corrected chi connectivity index (χ3v) is 4.56. The Hall–Kier alpha value is 0.0249. The van der Waals surface area contributed by atoms with Crippen molar-refractivity contribution in [1.29, 1.82) is 0 Å². The quantitative estimate of drug-likeness (QED) is 0.590. The monoisotopic (exact) mass is 239 g/mol. The Labute approximate surface area is 110 Å². The van der Waals surface area contributed by atoms with Crippen LogP contribution in [0.25, 0.3) is 0 Å². The van der Waals surface area contributed by atoms with Gasteiger partial charge in [0.05, 0.1) is 0 Å². The fourth-order valence-electron chi connectivity index (χ4n) is 2.59. The minimum absolute atomic E-state index is 0.320. The van der Waals surface area contributed by atoms with Gasteiger partial charge in [-0.05, 0) is 31.7 Å². The van der Waals surface area contributed by atoms with E-state index in [-0.39, 0.29) is 0 Å². The topological polar surface area (TPSA) is 3.24 Å². The Kier molecular flexibility index (Phi) is 6.28. The number of hydrogen-bond acceptors (Lipinski definition) is 1. The highest BCUT2D eigenvalue weighted by Gasteiger charge is 2.35. The van der Waals surface area contributed by atoms with E-state index < -0.39 is 0 Å². The molecule has 0 saturated heterocycles. The van der Waals surface area contributed by atoms with E-state index in [9.17, 15) is 0 Å². The summed E-state index contributed by atoms with van der Waals surface area (Å²) in [5, 5.41) is 0. The van der Waals surface area contributed by atoms with E-state index in [1.165, 1.54) is 19.3 Å². The van der Waals surface area contributed by atoms with E-state index in [1.54, 1.807) is 0 Å². The van der Waals surface area contributed by atoms with Gasteiger partial charge in [-0.1, -0.05) is 54.6 Å². The molecule has 0 fully saturated rings. The van der Waals surface area contributed by atoms with Crippen LogP contribution >= 0.6 is 0 Å². The van der Waals surface area contributed by atoms with Crippen molar-refractivity contribution in [3.05, 3.63) is 0 Å². The van der Waals surface area contributed by atoms with Crippen LogP contribution in [0, 0.1) is 11.3 Å². The standard InChI is InChI=1S/C15H34BN/c1-10-14(4,5)12-17(9)15(6,13(2)3)11-16(7)8/h13H,10-12H2,1-9H3. The van der Waals surface area contributed by atoms with E-state index >= 15 is 0 Å². The number of rotatable bonds is 7. The molecule has 0 rings (SSSR count). The Bertz CT molecular complexity index is 223. The molecule has 1 unspecified atom stereocenters. The average molecular weight is 239 g/mol. The lowest BCUT2D eigenvalue weighted by Crippen LogP contribution is -2.52. The third kappa shape index (κ3) is 5.03. The lowest BCUT2D eigenvalue weighted by molar-refractivity contribution is 0.0639. The SMILES string of the molecule is CCC(C)(C)CN(C)C(C)(CB(C)C)C(C)C. The maximum Gasteiger partial charge on any atom is 0.135 e. The van der Waals surface area contributed by atoms with Gasteiger partial charge in [0.1, 0.15) is 6.71 Å². The summed E-state index contributed by atoms with van der Waals surface area (Å²) < 4.78 is 0. The second kappa shape index (κ2) is 6.27. The molecule has 1 nitrogen and oxygen atoms in total. The maximum absolute atomic E-state index is 2.60. The van der Waals surface area contributed by atoms with Crippen molar-refractivity contribution in [3.8, 4) is 0 Å². The summed E-state index contributed by atoms with van der Waals surface area (Å²) in [5.74, 6) is 0.697. The average Bonchev–Trinajstić information content (AvgIpc) is 2.15. The van der Waals surface area contributed by atoms with Gasteiger partial charge in [-0.2, -0.15) is 0 Å². The van der Waals surface area contributed by atoms with Crippen LogP contribution in [0.1, 0.15) is 48.0 Å². The first-order chi connectivity index (χ1) is 7.55. The molecule has 0 aromatic rings. The van der Waals surface area contributed by atoms with Gasteiger partial charge >= 0.3 is 0 Å². The van der Waals surface area contributed by atoms with Gasteiger partial charge in [0.15, 0.2) is 0 Å². The molecule has 0 radical (unpaired) electrons. The highest BCUT2D eigenvalue weighted by molar-refractivity contribution is 6.56. The zero-order chi connectivity index (χ0) is 13.9. The highest BCUT2D eigenvalue weighted by atomic mass is 15.2. The Morgan fingerprint density at radius 2 is 1.59 bits per heavy atom. The molecule has 0 N–H and O–H groups in total. The number of nitrogens with zero attached hydrogens (tertiary/aromatic N) is 1. The first kappa shape index (κ1) is 17.0. The molecule has 0 amide bonds. The van der Waals surface area contributed by atoms with Gasteiger partial charge in [0.25, 0.3) is 0 Å². The van der Waals surface area contributed by atoms with Gasteiger partial charge in [-0.25, -0.2) is 0 Å². The molecule has 1 atom stereocenters. The van der Waals surface area contributed by atoms with Crippen LogP contribution in [0.5, 0.6) is 0 Å². The van der Waals surface area contributed by atoms with Crippen LogP contribution in [0.3, 0.4) is 0 Å². The van der Waals surface area contributed by atoms with E-state index in [0.717, 1.165) is 6.71 Å². The molecule has 0 aliphatic carbocycles. The van der Waals surface area contributed by atoms with Crippen molar-refractivity contribution >= 4 is 6.71 Å². The second-order valence-corrected chi connectivity index (χ2v) is 7.48. The minimum Gasteiger partial charge on any atom is -0.301 e. The first-order valence-corrected chi connectivity index (χ1v) is 7.26. The van der Waals surface area contributed by atoms with Crippen molar-refractivity contribution < 1.29 is 0 Å². The van der Waals surface area contributed by atoms with Gasteiger partial charge in [0, 0.05) is 12.1 Å². The molecule has 0 heterocycles. The molecule has 0 spiro atoms. The summed E-state index contributed by atoms with van der Waals surface area (Å²) in [6.45, 7) is 20.8. The molecular formula is C15H34BN. The van der Waals surface area contributed by atoms with E-state index in [0.29, 0.717) is 16.9 Å². The molecule has 0 aromatic heterocycles. The zero-order valence-corrected chi connectivity index (χ0v) is 13.7. The molecule has 0 aliphatic rings. The fraction of sp³-hybridized carbons (Fsp3) is 1.00. The van der Waals surface area contributed by atoms with Crippen molar-refractivity contribution in [1.82, 2.24) is 4.90 Å². The third-order valence-electron chi connectivity index (χ3n) is 4.56. The molecule has 0 aromatic carbocycles. The van der Waals surface area contributed by atoms with Crippen LogP contribution in [0.4, 0.5) is 0 Å². The minimum atomic E-state index is 0.320. The van der Waals surface area contributed by atoms with E-state index in [1.807, 2.05) is 0 Å². The lowest BCUT2D eigenvalue weighted by Gasteiger charge is -2.46. The van der Waals surface area contributed by atoms with Crippen LogP contribution < -0.4 is 0 Å². The summed E-state index contributed by atoms with van der Waals surface area (Å²) >= 11 is 0. The van der Waals surface area contributed by atoms with Crippen molar-refractivity contribution in [2.75, 3.05) is 13.6 Å². The Morgan fingerprint density at radius 1 is 1.12 bits per heavy atom. The lowest BCUT2D eigenvalue weighted by atomic mass is 9.47. The predicted molar refractivity (Wildman–Crippen MR) is 82.2 cm³/mol. The predicted octanol–water partition coefficient (Wildman–Crippen LogP) is 4.52. The fourth-order valence-corrected chi connectivity index (χ4v) is 2.59. The van der Waals surface area contributed by atoms with Crippen LogP contribution in [0.15, 0.2) is 0 Å². The van der Waals surface area contributed by atoms with Crippen LogP contribution in [-0.2, 0) is 0 Å². The normalized spacial score (nSPS) is 16.4. The summed E-state index contributed by atoms with van der Waals surface area (Å²) in [4.78, 5) is 2.60. The van der Waals surface area contributed by atoms with E-state index in [4.69, 9.17) is 0 Å². The van der Waals surface area contributed by atoms with Gasteiger partial charge in [-0.3, -0.25) is 0 Å². The van der Waals surface area contributed by atoms with Crippen LogP contribution in [0.2, 0.25) is 20.0 Å². The molecule has 0 saturated carbocycles. The Morgan fingerprint density at radius 3 is 1.88 bits per heavy atom.